The van der Waals surface area contributed by atoms with Crippen LogP contribution >= 0.6 is 0 Å². The molecule has 2 aliphatic rings. The smallest absolute Gasteiger partial charge is 0.0615 e. The Morgan fingerprint density at radius 1 is 1.38 bits per heavy atom. The minimum Gasteiger partial charge on any atom is -0.394 e. The molecule has 76 valence electrons. The first-order chi connectivity index (χ1) is 6.35. The number of aliphatic hydroxyl groups excluding tert-OH is 1. The second-order valence-corrected chi connectivity index (χ2v) is 4.05. The van der Waals surface area contributed by atoms with Crippen molar-refractivity contribution in [3.63, 3.8) is 0 Å². The largest absolute Gasteiger partial charge is 0.394 e. The standard InChI is InChI=1S/C9H18N2O2/c12-7-9(1-3-13-4-2-9)11-8-5-10-6-8/h8,10-12H,1-7H2. The van der Waals surface area contributed by atoms with E-state index in [-0.39, 0.29) is 12.1 Å². The molecule has 0 spiro atoms. The maximum atomic E-state index is 9.37. The third kappa shape index (κ3) is 2.02. The van der Waals surface area contributed by atoms with Crippen LogP contribution in [0.3, 0.4) is 0 Å². The van der Waals surface area contributed by atoms with Crippen LogP contribution in [0.1, 0.15) is 12.8 Å². The van der Waals surface area contributed by atoms with E-state index in [4.69, 9.17) is 4.74 Å². The van der Waals surface area contributed by atoms with Gasteiger partial charge in [0.2, 0.25) is 0 Å². The first kappa shape index (κ1) is 9.40. The second kappa shape index (κ2) is 3.92. The SMILES string of the molecule is OCC1(NC2CNC2)CCOCC1. The summed E-state index contributed by atoms with van der Waals surface area (Å²) in [6.45, 7) is 3.83. The first-order valence-corrected chi connectivity index (χ1v) is 5.02. The van der Waals surface area contributed by atoms with E-state index in [1.165, 1.54) is 0 Å². The van der Waals surface area contributed by atoms with E-state index in [9.17, 15) is 5.11 Å². The zero-order valence-corrected chi connectivity index (χ0v) is 7.88. The number of hydrogen-bond donors (Lipinski definition) is 3. The lowest BCUT2D eigenvalue weighted by atomic mass is 9.89. The van der Waals surface area contributed by atoms with Gasteiger partial charge in [-0.1, -0.05) is 0 Å². The third-order valence-corrected chi connectivity index (χ3v) is 3.04. The minimum absolute atomic E-state index is 0.0645. The maximum Gasteiger partial charge on any atom is 0.0615 e. The van der Waals surface area contributed by atoms with Gasteiger partial charge < -0.3 is 20.5 Å². The molecule has 0 bridgehead atoms. The van der Waals surface area contributed by atoms with Gasteiger partial charge in [0, 0.05) is 37.9 Å². The highest BCUT2D eigenvalue weighted by molar-refractivity contribution is 4.95. The molecule has 4 nitrogen and oxygen atoms in total. The molecule has 0 atom stereocenters. The molecule has 0 aliphatic carbocycles. The zero-order valence-electron chi connectivity index (χ0n) is 7.88. The van der Waals surface area contributed by atoms with Gasteiger partial charge in [-0.3, -0.25) is 0 Å². The number of rotatable bonds is 3. The highest BCUT2D eigenvalue weighted by atomic mass is 16.5. The van der Waals surface area contributed by atoms with E-state index < -0.39 is 0 Å². The summed E-state index contributed by atoms with van der Waals surface area (Å²) in [5.41, 5.74) is -0.0645. The van der Waals surface area contributed by atoms with Crippen LogP contribution < -0.4 is 10.6 Å². The van der Waals surface area contributed by atoms with Crippen molar-refractivity contribution in [3.05, 3.63) is 0 Å². The predicted molar refractivity (Wildman–Crippen MR) is 49.7 cm³/mol. The van der Waals surface area contributed by atoms with Crippen LogP contribution in [0, 0.1) is 0 Å². The van der Waals surface area contributed by atoms with Gasteiger partial charge in [-0.15, -0.1) is 0 Å². The fraction of sp³-hybridized carbons (Fsp3) is 1.00. The Hall–Kier alpha value is -0.160. The number of ether oxygens (including phenoxy) is 1. The van der Waals surface area contributed by atoms with Gasteiger partial charge in [-0.2, -0.15) is 0 Å². The second-order valence-electron chi connectivity index (χ2n) is 4.05. The normalized spacial score (nSPS) is 28.4. The lowest BCUT2D eigenvalue weighted by molar-refractivity contribution is 0.00341. The molecule has 2 heterocycles. The van der Waals surface area contributed by atoms with Crippen LogP contribution in [-0.4, -0.2) is 49.6 Å². The van der Waals surface area contributed by atoms with Gasteiger partial charge in [0.15, 0.2) is 0 Å². The molecule has 0 saturated carbocycles. The van der Waals surface area contributed by atoms with Crippen LogP contribution in [0.5, 0.6) is 0 Å². The van der Waals surface area contributed by atoms with Gasteiger partial charge in [0.25, 0.3) is 0 Å². The third-order valence-electron chi connectivity index (χ3n) is 3.04. The number of aliphatic hydroxyl groups is 1. The molecule has 0 aromatic rings. The molecular weight excluding hydrogens is 168 g/mol. The maximum absolute atomic E-state index is 9.37. The fourth-order valence-corrected chi connectivity index (χ4v) is 1.93. The molecule has 4 heteroatoms. The highest BCUT2D eigenvalue weighted by Gasteiger charge is 2.35. The van der Waals surface area contributed by atoms with Gasteiger partial charge >= 0.3 is 0 Å². The van der Waals surface area contributed by atoms with Crippen LogP contribution in [-0.2, 0) is 4.74 Å². The van der Waals surface area contributed by atoms with Crippen molar-refractivity contribution >= 4 is 0 Å². The predicted octanol–water partition coefficient (Wildman–Crippen LogP) is -0.911. The number of hydrogen-bond acceptors (Lipinski definition) is 4. The molecule has 2 aliphatic heterocycles. The Bertz CT molecular complexity index is 165. The van der Waals surface area contributed by atoms with E-state index in [2.05, 4.69) is 10.6 Å². The topological polar surface area (TPSA) is 53.5 Å². The Labute approximate surface area is 78.7 Å². The van der Waals surface area contributed by atoms with Crippen LogP contribution in [0.25, 0.3) is 0 Å². The molecule has 0 aromatic carbocycles. The summed E-state index contributed by atoms with van der Waals surface area (Å²) in [5.74, 6) is 0. The van der Waals surface area contributed by atoms with E-state index in [0.29, 0.717) is 6.04 Å². The Morgan fingerprint density at radius 2 is 2.08 bits per heavy atom. The minimum atomic E-state index is -0.0645. The van der Waals surface area contributed by atoms with E-state index in [1.54, 1.807) is 0 Å². The zero-order chi connectivity index (χ0) is 9.15. The Morgan fingerprint density at radius 3 is 2.54 bits per heavy atom. The molecule has 2 rings (SSSR count). The lowest BCUT2D eigenvalue weighted by Gasteiger charge is -2.42. The van der Waals surface area contributed by atoms with Gasteiger partial charge in [0.05, 0.1) is 6.61 Å². The van der Waals surface area contributed by atoms with Gasteiger partial charge in [0.1, 0.15) is 0 Å². The molecule has 0 amide bonds. The quantitative estimate of drug-likeness (QED) is 0.534. The van der Waals surface area contributed by atoms with Crippen molar-refractivity contribution in [2.24, 2.45) is 0 Å². The fourth-order valence-electron chi connectivity index (χ4n) is 1.93. The van der Waals surface area contributed by atoms with E-state index in [0.717, 1.165) is 39.1 Å². The van der Waals surface area contributed by atoms with Crippen molar-refractivity contribution in [2.45, 2.75) is 24.4 Å². The molecule has 0 unspecified atom stereocenters. The van der Waals surface area contributed by atoms with Crippen molar-refractivity contribution in [1.82, 2.24) is 10.6 Å². The highest BCUT2D eigenvalue weighted by Crippen LogP contribution is 2.21. The average molecular weight is 186 g/mol. The summed E-state index contributed by atoms with van der Waals surface area (Å²) in [6.07, 6.45) is 1.86. The van der Waals surface area contributed by atoms with E-state index in [1.807, 2.05) is 0 Å². The summed E-state index contributed by atoms with van der Waals surface area (Å²) in [5, 5.41) is 16.1. The van der Waals surface area contributed by atoms with Gasteiger partial charge in [-0.25, -0.2) is 0 Å². The van der Waals surface area contributed by atoms with Crippen LogP contribution in [0.2, 0.25) is 0 Å². The van der Waals surface area contributed by atoms with Crippen molar-refractivity contribution in [1.29, 1.82) is 0 Å². The lowest BCUT2D eigenvalue weighted by Crippen LogP contribution is -2.65. The summed E-state index contributed by atoms with van der Waals surface area (Å²) >= 11 is 0. The molecule has 0 radical (unpaired) electrons. The monoisotopic (exact) mass is 186 g/mol. The van der Waals surface area contributed by atoms with Crippen molar-refractivity contribution in [2.75, 3.05) is 32.9 Å². The summed E-state index contributed by atoms with van der Waals surface area (Å²) < 4.78 is 5.29. The summed E-state index contributed by atoms with van der Waals surface area (Å²) in [7, 11) is 0. The van der Waals surface area contributed by atoms with Crippen LogP contribution in [0.4, 0.5) is 0 Å². The van der Waals surface area contributed by atoms with Gasteiger partial charge in [-0.05, 0) is 12.8 Å². The summed E-state index contributed by atoms with van der Waals surface area (Å²) in [6, 6.07) is 0.547. The molecule has 0 aromatic heterocycles. The molecule has 13 heavy (non-hydrogen) atoms. The molecule has 2 saturated heterocycles. The van der Waals surface area contributed by atoms with Crippen molar-refractivity contribution in [3.8, 4) is 0 Å². The van der Waals surface area contributed by atoms with Crippen molar-refractivity contribution < 1.29 is 9.84 Å². The molecule has 3 N–H and O–H groups in total. The average Bonchev–Trinajstić information content (AvgIpc) is 2.13. The molecule has 2 fully saturated rings. The Kier molecular flexibility index (Phi) is 2.83. The Balaban J connectivity index is 1.88. The van der Waals surface area contributed by atoms with Crippen LogP contribution in [0.15, 0.2) is 0 Å². The van der Waals surface area contributed by atoms with E-state index >= 15 is 0 Å². The molecular formula is C9H18N2O2. The first-order valence-electron chi connectivity index (χ1n) is 5.02. The summed E-state index contributed by atoms with van der Waals surface area (Å²) in [4.78, 5) is 0. The number of nitrogens with one attached hydrogen (secondary N) is 2.